The monoisotopic (exact) mass is 131 g/mol. The van der Waals surface area contributed by atoms with Crippen molar-refractivity contribution >= 4 is 0 Å². The van der Waals surface area contributed by atoms with Gasteiger partial charge in [0, 0.05) is 12.6 Å². The van der Waals surface area contributed by atoms with Gasteiger partial charge < -0.3 is 15.5 Å². The van der Waals surface area contributed by atoms with Crippen molar-refractivity contribution in [3.63, 3.8) is 0 Å². The van der Waals surface area contributed by atoms with Gasteiger partial charge >= 0.3 is 0 Å². The van der Waals surface area contributed by atoms with E-state index in [-0.39, 0.29) is 18.2 Å². The van der Waals surface area contributed by atoms with Crippen molar-refractivity contribution in [2.45, 2.75) is 31.6 Å². The van der Waals surface area contributed by atoms with E-state index >= 15 is 0 Å². The van der Waals surface area contributed by atoms with Crippen LogP contribution in [0.3, 0.4) is 0 Å². The first kappa shape index (κ1) is 6.99. The van der Waals surface area contributed by atoms with Crippen molar-refractivity contribution in [1.82, 2.24) is 5.32 Å². The maximum atomic E-state index is 9.00. The molecule has 0 radical (unpaired) electrons. The highest BCUT2D eigenvalue weighted by molar-refractivity contribution is 4.84. The second-order valence-electron chi connectivity index (χ2n) is 2.64. The van der Waals surface area contributed by atoms with Crippen molar-refractivity contribution in [2.24, 2.45) is 0 Å². The van der Waals surface area contributed by atoms with Gasteiger partial charge in [0.25, 0.3) is 0 Å². The van der Waals surface area contributed by atoms with Crippen LogP contribution in [-0.2, 0) is 0 Å². The molecule has 3 atom stereocenters. The van der Waals surface area contributed by atoms with Crippen LogP contribution in [0.2, 0.25) is 0 Å². The number of aliphatic hydroxyl groups excluding tert-OH is 2. The Labute approximate surface area is 54.7 Å². The number of nitrogens with one attached hydrogen (secondary N) is 1. The van der Waals surface area contributed by atoms with Crippen molar-refractivity contribution in [3.05, 3.63) is 0 Å². The van der Waals surface area contributed by atoms with Gasteiger partial charge in [-0.3, -0.25) is 0 Å². The van der Waals surface area contributed by atoms with Crippen LogP contribution in [-0.4, -0.2) is 35.0 Å². The van der Waals surface area contributed by atoms with Gasteiger partial charge in [0.05, 0.1) is 12.2 Å². The molecule has 1 rings (SSSR count). The Kier molecular flexibility index (Phi) is 2.05. The molecule has 3 N–H and O–H groups in total. The lowest BCUT2D eigenvalue weighted by Gasteiger charge is -2.11. The Bertz CT molecular complexity index is 95.1. The largest absolute Gasteiger partial charge is 0.392 e. The van der Waals surface area contributed by atoms with E-state index in [0.29, 0.717) is 13.0 Å². The number of hydrogen-bond donors (Lipinski definition) is 3. The summed E-state index contributed by atoms with van der Waals surface area (Å²) in [6, 6.07) is 0.0972. The SMILES string of the molecule is C[C@@H](O)[C@@H]1C[C@@H](O)CN1. The Morgan fingerprint density at radius 3 is 2.56 bits per heavy atom. The fourth-order valence-electron chi connectivity index (χ4n) is 1.11. The van der Waals surface area contributed by atoms with Crippen molar-refractivity contribution in [3.8, 4) is 0 Å². The maximum Gasteiger partial charge on any atom is 0.0680 e. The Morgan fingerprint density at radius 1 is 1.67 bits per heavy atom. The molecular formula is C6H13NO2. The fraction of sp³-hybridized carbons (Fsp3) is 1.00. The molecular weight excluding hydrogens is 118 g/mol. The van der Waals surface area contributed by atoms with Crippen LogP contribution in [0.15, 0.2) is 0 Å². The van der Waals surface area contributed by atoms with E-state index in [2.05, 4.69) is 5.32 Å². The van der Waals surface area contributed by atoms with Crippen molar-refractivity contribution in [2.75, 3.05) is 6.54 Å². The van der Waals surface area contributed by atoms with Crippen LogP contribution in [0, 0.1) is 0 Å². The average Bonchev–Trinajstić information content (AvgIpc) is 2.14. The highest BCUT2D eigenvalue weighted by Crippen LogP contribution is 2.08. The first-order valence-corrected chi connectivity index (χ1v) is 3.29. The van der Waals surface area contributed by atoms with Crippen LogP contribution in [0.4, 0.5) is 0 Å². The lowest BCUT2D eigenvalue weighted by atomic mass is 10.1. The summed E-state index contributed by atoms with van der Waals surface area (Å²) in [4.78, 5) is 0. The zero-order valence-corrected chi connectivity index (χ0v) is 5.54. The maximum absolute atomic E-state index is 9.00. The topological polar surface area (TPSA) is 52.5 Å². The number of rotatable bonds is 1. The first-order chi connectivity index (χ1) is 4.20. The van der Waals surface area contributed by atoms with Gasteiger partial charge in [-0.15, -0.1) is 0 Å². The summed E-state index contributed by atoms with van der Waals surface area (Å²) in [5.41, 5.74) is 0. The summed E-state index contributed by atoms with van der Waals surface area (Å²) in [7, 11) is 0. The molecule has 1 heterocycles. The Morgan fingerprint density at radius 2 is 2.33 bits per heavy atom. The second kappa shape index (κ2) is 2.64. The molecule has 1 fully saturated rings. The summed E-state index contributed by atoms with van der Waals surface area (Å²) in [5, 5.41) is 21.0. The Hall–Kier alpha value is -0.120. The minimum absolute atomic E-state index is 0.0972. The molecule has 0 bridgehead atoms. The predicted molar refractivity (Wildman–Crippen MR) is 34.1 cm³/mol. The molecule has 3 heteroatoms. The standard InChI is InChI=1S/C6H13NO2/c1-4(8)6-2-5(9)3-7-6/h4-9H,2-3H2,1H3/t4-,5-,6+/m1/s1. The van der Waals surface area contributed by atoms with E-state index in [0.717, 1.165) is 0 Å². The van der Waals surface area contributed by atoms with Crippen LogP contribution in [0.1, 0.15) is 13.3 Å². The van der Waals surface area contributed by atoms with E-state index < -0.39 is 0 Å². The summed E-state index contributed by atoms with van der Waals surface area (Å²) in [6.45, 7) is 2.35. The third-order valence-electron chi connectivity index (χ3n) is 1.72. The minimum atomic E-state index is -0.345. The molecule has 1 aliphatic heterocycles. The predicted octanol–water partition coefficient (Wildman–Crippen LogP) is -0.910. The quantitative estimate of drug-likeness (QED) is 0.432. The van der Waals surface area contributed by atoms with E-state index in [1.807, 2.05) is 0 Å². The fourth-order valence-corrected chi connectivity index (χ4v) is 1.11. The van der Waals surface area contributed by atoms with Gasteiger partial charge in [-0.05, 0) is 13.3 Å². The van der Waals surface area contributed by atoms with Gasteiger partial charge in [0.1, 0.15) is 0 Å². The first-order valence-electron chi connectivity index (χ1n) is 3.29. The molecule has 3 nitrogen and oxygen atoms in total. The third kappa shape index (κ3) is 1.64. The molecule has 1 aliphatic rings. The van der Waals surface area contributed by atoms with Crippen molar-refractivity contribution in [1.29, 1.82) is 0 Å². The van der Waals surface area contributed by atoms with Gasteiger partial charge in [0.15, 0.2) is 0 Å². The summed E-state index contributed by atoms with van der Waals surface area (Å²) < 4.78 is 0. The zero-order chi connectivity index (χ0) is 6.85. The molecule has 1 saturated heterocycles. The van der Waals surface area contributed by atoms with Crippen LogP contribution in [0.25, 0.3) is 0 Å². The molecule has 0 saturated carbocycles. The lowest BCUT2D eigenvalue weighted by Crippen LogP contribution is -2.32. The molecule has 0 spiro atoms. The van der Waals surface area contributed by atoms with E-state index in [1.165, 1.54) is 0 Å². The summed E-state index contributed by atoms with van der Waals surface area (Å²) in [6.07, 6.45) is 0.0734. The molecule has 0 unspecified atom stereocenters. The van der Waals surface area contributed by atoms with Gasteiger partial charge in [-0.2, -0.15) is 0 Å². The molecule has 54 valence electrons. The second-order valence-corrected chi connectivity index (χ2v) is 2.64. The average molecular weight is 131 g/mol. The molecule has 0 aromatic carbocycles. The molecule has 0 aliphatic carbocycles. The molecule has 0 aromatic rings. The third-order valence-corrected chi connectivity index (χ3v) is 1.72. The van der Waals surface area contributed by atoms with Crippen LogP contribution >= 0.6 is 0 Å². The highest BCUT2D eigenvalue weighted by Gasteiger charge is 2.24. The Balaban J connectivity index is 2.30. The smallest absolute Gasteiger partial charge is 0.0680 e. The number of β-amino-alcohol motifs (C(OH)–C–C–N with tert-alkyl or cyclic N) is 1. The lowest BCUT2D eigenvalue weighted by molar-refractivity contribution is 0.139. The molecule has 9 heavy (non-hydrogen) atoms. The summed E-state index contributed by atoms with van der Waals surface area (Å²) >= 11 is 0. The zero-order valence-electron chi connectivity index (χ0n) is 5.54. The normalized spacial score (nSPS) is 39.0. The molecule has 0 aromatic heterocycles. The van der Waals surface area contributed by atoms with Gasteiger partial charge in [-0.1, -0.05) is 0 Å². The van der Waals surface area contributed by atoms with E-state index in [9.17, 15) is 0 Å². The highest BCUT2D eigenvalue weighted by atomic mass is 16.3. The van der Waals surface area contributed by atoms with Crippen LogP contribution < -0.4 is 5.32 Å². The summed E-state index contributed by atoms with van der Waals surface area (Å²) in [5.74, 6) is 0. The van der Waals surface area contributed by atoms with Gasteiger partial charge in [0.2, 0.25) is 0 Å². The van der Waals surface area contributed by atoms with Crippen LogP contribution in [0.5, 0.6) is 0 Å². The van der Waals surface area contributed by atoms with E-state index in [4.69, 9.17) is 10.2 Å². The van der Waals surface area contributed by atoms with Gasteiger partial charge in [-0.25, -0.2) is 0 Å². The minimum Gasteiger partial charge on any atom is -0.392 e. The number of aliphatic hydroxyl groups is 2. The number of hydrogen-bond acceptors (Lipinski definition) is 3. The van der Waals surface area contributed by atoms with E-state index in [1.54, 1.807) is 6.92 Å². The molecule has 0 amide bonds. The van der Waals surface area contributed by atoms with Crippen molar-refractivity contribution < 1.29 is 10.2 Å².